The first-order valence-electron chi connectivity index (χ1n) is 19.0. The molecule has 1 heterocycles. The van der Waals surface area contributed by atoms with E-state index >= 15 is 0 Å². The molecule has 2 aliphatic carbocycles. The van der Waals surface area contributed by atoms with E-state index < -0.39 is 16.3 Å². The Kier molecular flexibility index (Phi) is 12.8. The molecule has 0 aromatic heterocycles. The van der Waals surface area contributed by atoms with Gasteiger partial charge in [-0.1, -0.05) is 54.4 Å². The van der Waals surface area contributed by atoms with Gasteiger partial charge in [0, 0.05) is 42.1 Å². The number of aliphatic hydroxyl groups is 2. The van der Waals surface area contributed by atoms with Crippen molar-refractivity contribution in [1.82, 2.24) is 0 Å². The normalized spacial score (nSPS) is 25.2. The highest BCUT2D eigenvalue weighted by atomic mass is 32.2. The van der Waals surface area contributed by atoms with E-state index in [4.69, 9.17) is 24.2 Å². The Morgan fingerprint density at radius 3 is 2.44 bits per heavy atom. The maximum Gasteiger partial charge on any atom is 0.273 e. The number of fused-ring (bicyclic) bond motifs is 2. The predicted molar refractivity (Wildman–Crippen MR) is 211 cm³/mol. The Bertz CT molecular complexity index is 1830. The van der Waals surface area contributed by atoms with Gasteiger partial charge in [-0.25, -0.2) is 0 Å². The van der Waals surface area contributed by atoms with Crippen LogP contribution < -0.4 is 9.47 Å². The average molecular weight is 757 g/mol. The highest BCUT2D eigenvalue weighted by Crippen LogP contribution is 2.63. The van der Waals surface area contributed by atoms with Gasteiger partial charge in [0.15, 0.2) is 0 Å². The minimum absolute atomic E-state index is 0.0527. The summed E-state index contributed by atoms with van der Waals surface area (Å²) in [6.07, 6.45) is 9.46. The third-order valence-corrected chi connectivity index (χ3v) is 11.7. The fourth-order valence-corrected chi connectivity index (χ4v) is 9.45. The summed E-state index contributed by atoms with van der Waals surface area (Å²) in [5, 5.41) is 35.9. The molecule has 288 valence electrons. The molecule has 1 aliphatic heterocycles. The van der Waals surface area contributed by atoms with E-state index in [-0.39, 0.29) is 54.4 Å². The predicted octanol–water partition coefficient (Wildman–Crippen LogP) is 9.61. The number of rotatable bonds is 17. The lowest BCUT2D eigenvalue weighted by molar-refractivity contribution is -0.384. The molecule has 3 aromatic rings. The molecule has 3 aliphatic rings. The van der Waals surface area contributed by atoms with Gasteiger partial charge in [0.05, 0.1) is 34.5 Å². The van der Waals surface area contributed by atoms with Crippen LogP contribution in [-0.4, -0.2) is 57.3 Å². The van der Waals surface area contributed by atoms with Crippen LogP contribution in [0.2, 0.25) is 0 Å². The minimum Gasteiger partial charge on any atom is -0.460 e. The zero-order chi connectivity index (χ0) is 38.3. The van der Waals surface area contributed by atoms with Crippen LogP contribution in [0.25, 0.3) is 0 Å². The third-order valence-electron chi connectivity index (χ3n) is 10.3. The molecule has 2 N–H and O–H groups in total. The largest absolute Gasteiger partial charge is 0.460 e. The highest BCUT2D eigenvalue weighted by molar-refractivity contribution is 8.00. The molecule has 0 spiro atoms. The van der Waals surface area contributed by atoms with Crippen molar-refractivity contribution in [3.05, 3.63) is 113 Å². The van der Waals surface area contributed by atoms with Crippen LogP contribution in [0.15, 0.2) is 107 Å². The Balaban J connectivity index is 1.56. The van der Waals surface area contributed by atoms with Crippen LogP contribution in [0.5, 0.6) is 17.2 Å². The number of aliphatic hydroxyl groups excluding tert-OH is 2. The first kappa shape index (κ1) is 39.5. The smallest absolute Gasteiger partial charge is 0.273 e. The summed E-state index contributed by atoms with van der Waals surface area (Å²) < 4.78 is 20.6. The number of non-ortho nitro benzene ring substituents is 1. The van der Waals surface area contributed by atoms with Crippen LogP contribution in [0.1, 0.15) is 77.2 Å². The molecule has 54 heavy (non-hydrogen) atoms. The lowest BCUT2D eigenvalue weighted by atomic mass is 9.56. The van der Waals surface area contributed by atoms with E-state index in [2.05, 4.69) is 24.8 Å². The van der Waals surface area contributed by atoms with Crippen LogP contribution in [0, 0.1) is 27.9 Å². The summed E-state index contributed by atoms with van der Waals surface area (Å²) in [7, 11) is 0. The highest BCUT2D eigenvalue weighted by Gasteiger charge is 2.64. The number of nitrogens with zero attached hydrogens (tertiary/aromatic N) is 2. The van der Waals surface area contributed by atoms with Gasteiger partial charge in [0.1, 0.15) is 22.8 Å². The SMILES string of the molecule is C=CCOC12Oc3ccc(Oc4cccc([N+](=O)[O-])c4)cc3C3C(CCCCO)C(CCCCO)C=C(C(=NOC(C)(C)C)CC1Sc1ccccc1)C32. The summed E-state index contributed by atoms with van der Waals surface area (Å²) in [5.74, 6) is 0.306. The van der Waals surface area contributed by atoms with Gasteiger partial charge >= 0.3 is 0 Å². The Morgan fingerprint density at radius 2 is 1.74 bits per heavy atom. The van der Waals surface area contributed by atoms with Gasteiger partial charge in [-0.15, -0.1) is 18.3 Å². The van der Waals surface area contributed by atoms with Gasteiger partial charge in [-0.05, 0) is 100 Å². The number of hydrogen-bond acceptors (Lipinski definition) is 10. The van der Waals surface area contributed by atoms with Crippen molar-refractivity contribution >= 4 is 23.2 Å². The molecule has 0 bridgehead atoms. The number of nitro benzene ring substituents is 1. The van der Waals surface area contributed by atoms with Crippen molar-refractivity contribution in [1.29, 1.82) is 0 Å². The molecule has 6 atom stereocenters. The molecule has 0 amide bonds. The van der Waals surface area contributed by atoms with Crippen molar-refractivity contribution in [2.24, 2.45) is 22.9 Å². The van der Waals surface area contributed by atoms with E-state index in [9.17, 15) is 20.3 Å². The summed E-state index contributed by atoms with van der Waals surface area (Å²) in [6.45, 7) is 10.5. The van der Waals surface area contributed by atoms with E-state index in [0.29, 0.717) is 36.5 Å². The minimum atomic E-state index is -1.12. The topological polar surface area (TPSA) is 133 Å². The van der Waals surface area contributed by atoms with Crippen molar-refractivity contribution in [3.63, 3.8) is 0 Å². The maximum absolute atomic E-state index is 11.6. The molecule has 1 fully saturated rings. The monoisotopic (exact) mass is 756 g/mol. The molecular formula is C43H52N2O8S. The standard InChI is InChI=1S/C43H52N2O8S/c1-5-24-50-43-39(54-33-17-7-6-8-18-33)28-37(44-53-42(2,3)4)35-25-29(14-9-11-22-46)34(19-10-12-23-47)40(41(35)43)36-27-32(20-21-38(36)52-43)51-31-16-13-15-30(26-31)45(48)49/h5-8,13,15-18,20-21,25-27,29,34,39-41,46-47H,1,9-12,14,19,22-24,28H2,2-4H3. The van der Waals surface area contributed by atoms with Gasteiger partial charge in [-0.2, -0.15) is 0 Å². The zero-order valence-electron chi connectivity index (χ0n) is 31.4. The summed E-state index contributed by atoms with van der Waals surface area (Å²) in [5.41, 5.74) is 2.31. The van der Waals surface area contributed by atoms with Gasteiger partial charge < -0.3 is 29.3 Å². The molecule has 6 unspecified atom stereocenters. The van der Waals surface area contributed by atoms with Gasteiger partial charge in [-0.3, -0.25) is 10.1 Å². The molecule has 10 nitrogen and oxygen atoms in total. The molecular weight excluding hydrogens is 705 g/mol. The van der Waals surface area contributed by atoms with E-state index in [1.54, 1.807) is 30.0 Å². The fraction of sp³-hybridized carbons (Fsp3) is 0.465. The number of thioether (sulfide) groups is 1. The second kappa shape index (κ2) is 17.5. The number of oxime groups is 1. The molecule has 3 aromatic carbocycles. The molecule has 0 saturated heterocycles. The van der Waals surface area contributed by atoms with E-state index in [1.807, 2.05) is 57.2 Å². The second-order valence-corrected chi connectivity index (χ2v) is 16.5. The first-order valence-corrected chi connectivity index (χ1v) is 19.9. The Labute approximate surface area is 322 Å². The number of benzene rings is 3. The number of nitro groups is 1. The quantitative estimate of drug-likeness (QED) is 0.0598. The van der Waals surface area contributed by atoms with Crippen LogP contribution in [0.3, 0.4) is 0 Å². The van der Waals surface area contributed by atoms with Gasteiger partial charge in [0.25, 0.3) is 5.69 Å². The van der Waals surface area contributed by atoms with Crippen LogP contribution in [0.4, 0.5) is 5.69 Å². The Hall–Kier alpha value is -4.16. The fourth-order valence-electron chi connectivity index (χ4n) is 8.14. The summed E-state index contributed by atoms with van der Waals surface area (Å²) in [4.78, 5) is 18.4. The van der Waals surface area contributed by atoms with Crippen molar-refractivity contribution in [2.45, 2.75) is 93.2 Å². The number of ether oxygens (including phenoxy) is 3. The van der Waals surface area contributed by atoms with Crippen LogP contribution in [-0.2, 0) is 9.57 Å². The molecule has 0 radical (unpaired) electrons. The number of unbranched alkanes of at least 4 members (excludes halogenated alkanes) is 2. The third kappa shape index (κ3) is 8.86. The Morgan fingerprint density at radius 1 is 1.00 bits per heavy atom. The molecule has 1 saturated carbocycles. The zero-order valence-corrected chi connectivity index (χ0v) is 32.2. The van der Waals surface area contributed by atoms with E-state index in [0.717, 1.165) is 47.4 Å². The number of hydrogen-bond donors (Lipinski definition) is 2. The first-order chi connectivity index (χ1) is 26.1. The van der Waals surface area contributed by atoms with Crippen LogP contribution >= 0.6 is 11.8 Å². The van der Waals surface area contributed by atoms with E-state index in [1.165, 1.54) is 12.1 Å². The lowest BCUT2D eigenvalue weighted by Gasteiger charge is -2.58. The van der Waals surface area contributed by atoms with Crippen molar-refractivity contribution in [3.8, 4) is 17.2 Å². The maximum atomic E-state index is 11.6. The summed E-state index contributed by atoms with van der Waals surface area (Å²) in [6, 6.07) is 22.2. The van der Waals surface area contributed by atoms with Crippen molar-refractivity contribution in [2.75, 3.05) is 19.8 Å². The lowest BCUT2D eigenvalue weighted by Crippen LogP contribution is -2.64. The second-order valence-electron chi connectivity index (χ2n) is 15.2. The van der Waals surface area contributed by atoms with Gasteiger partial charge in [0.2, 0.25) is 5.79 Å². The van der Waals surface area contributed by atoms with Crippen molar-refractivity contribution < 1.29 is 34.2 Å². The average Bonchev–Trinajstić information content (AvgIpc) is 3.15. The number of allylic oxidation sites excluding steroid dienone is 1. The molecule has 11 heteroatoms. The molecule has 6 rings (SSSR count). The summed E-state index contributed by atoms with van der Waals surface area (Å²) >= 11 is 1.71.